The first-order valence-corrected chi connectivity index (χ1v) is 8.39. The number of aliphatic hydroxyl groups is 1. The fraction of sp³-hybridized carbons (Fsp3) is 0.438. The molecule has 0 aliphatic rings. The fourth-order valence-corrected chi connectivity index (χ4v) is 2.88. The van der Waals surface area contributed by atoms with Crippen molar-refractivity contribution in [3.8, 4) is 0 Å². The van der Waals surface area contributed by atoms with Gasteiger partial charge in [0.15, 0.2) is 0 Å². The van der Waals surface area contributed by atoms with Gasteiger partial charge < -0.3 is 10.4 Å². The lowest BCUT2D eigenvalue weighted by Crippen LogP contribution is -2.43. The number of anilines is 1. The van der Waals surface area contributed by atoms with Crippen molar-refractivity contribution in [1.82, 2.24) is 15.5 Å². The molecule has 0 bridgehead atoms. The minimum atomic E-state index is -0.390. The quantitative estimate of drug-likeness (QED) is 0.758. The Morgan fingerprint density at radius 3 is 2.48 bits per heavy atom. The third kappa shape index (κ3) is 4.74. The largest absolute Gasteiger partial charge is 0.394 e. The summed E-state index contributed by atoms with van der Waals surface area (Å²) in [6.07, 6.45) is 0. The molecule has 2 aromatic rings. The Balaban J connectivity index is 1.96. The zero-order valence-corrected chi connectivity index (χ0v) is 14.3. The van der Waals surface area contributed by atoms with E-state index in [-0.39, 0.29) is 24.5 Å². The smallest absolute Gasteiger partial charge is 0.321 e. The molecule has 1 aromatic heterocycles. The second-order valence-corrected chi connectivity index (χ2v) is 6.70. The molecule has 0 radical (unpaired) electrons. The van der Waals surface area contributed by atoms with Crippen molar-refractivity contribution >= 4 is 22.5 Å². The van der Waals surface area contributed by atoms with Crippen molar-refractivity contribution in [1.29, 1.82) is 0 Å². The van der Waals surface area contributed by atoms with Gasteiger partial charge in [-0.05, 0) is 5.56 Å². The predicted molar refractivity (Wildman–Crippen MR) is 91.9 cm³/mol. The molecule has 2 amide bonds. The van der Waals surface area contributed by atoms with Gasteiger partial charge in [-0.25, -0.2) is 4.79 Å². The second kappa shape index (κ2) is 8.03. The summed E-state index contributed by atoms with van der Waals surface area (Å²) in [6.45, 7) is 5.87. The van der Waals surface area contributed by atoms with Crippen LogP contribution >= 0.6 is 11.3 Å². The Labute approximate surface area is 140 Å². The van der Waals surface area contributed by atoms with Gasteiger partial charge in [-0.15, -0.1) is 10.2 Å². The zero-order valence-electron chi connectivity index (χ0n) is 13.5. The maximum Gasteiger partial charge on any atom is 0.321 e. The van der Waals surface area contributed by atoms with Crippen molar-refractivity contribution in [2.75, 3.05) is 11.9 Å². The van der Waals surface area contributed by atoms with Crippen LogP contribution in [0.15, 0.2) is 30.3 Å². The number of rotatable bonds is 6. The Morgan fingerprint density at radius 1 is 1.22 bits per heavy atom. The van der Waals surface area contributed by atoms with Crippen LogP contribution in [0.5, 0.6) is 0 Å². The second-order valence-electron chi connectivity index (χ2n) is 5.69. The van der Waals surface area contributed by atoms with Crippen LogP contribution in [-0.2, 0) is 0 Å². The number of benzene rings is 1. The topological polar surface area (TPSA) is 87.1 Å². The number of carbonyl (C=O) groups is 1. The first-order valence-electron chi connectivity index (χ1n) is 7.58. The summed E-state index contributed by atoms with van der Waals surface area (Å²) >= 11 is 1.35. The number of carbonyl (C=O) groups excluding carboxylic acids is 1. The lowest BCUT2D eigenvalue weighted by atomic mass is 9.94. The lowest BCUT2D eigenvalue weighted by molar-refractivity contribution is 0.215. The lowest BCUT2D eigenvalue weighted by Gasteiger charge is -2.23. The van der Waals surface area contributed by atoms with Gasteiger partial charge in [-0.2, -0.15) is 0 Å². The molecule has 3 N–H and O–H groups in total. The monoisotopic (exact) mass is 334 g/mol. The molecule has 0 saturated carbocycles. The highest BCUT2D eigenvalue weighted by atomic mass is 32.1. The van der Waals surface area contributed by atoms with E-state index in [0.29, 0.717) is 5.13 Å². The molecule has 0 aliphatic heterocycles. The van der Waals surface area contributed by atoms with Gasteiger partial charge >= 0.3 is 6.03 Å². The molecule has 1 aromatic carbocycles. The Kier molecular flexibility index (Phi) is 6.06. The summed E-state index contributed by atoms with van der Waals surface area (Å²) in [4.78, 5) is 12.1. The van der Waals surface area contributed by atoms with E-state index in [1.165, 1.54) is 11.3 Å². The van der Waals surface area contributed by atoms with E-state index in [1.807, 2.05) is 51.1 Å². The van der Waals surface area contributed by atoms with Crippen LogP contribution in [0.1, 0.15) is 43.2 Å². The third-order valence-corrected chi connectivity index (χ3v) is 4.74. The number of nitrogens with one attached hydrogen (secondary N) is 2. The Bertz CT molecular complexity index is 630. The van der Waals surface area contributed by atoms with Gasteiger partial charge in [0.2, 0.25) is 5.13 Å². The highest BCUT2D eigenvalue weighted by Gasteiger charge is 2.21. The number of aromatic nitrogens is 2. The first kappa shape index (κ1) is 17.4. The van der Waals surface area contributed by atoms with Crippen LogP contribution < -0.4 is 10.6 Å². The van der Waals surface area contributed by atoms with E-state index in [0.717, 1.165) is 10.6 Å². The molecular weight excluding hydrogens is 312 g/mol. The normalized spacial score (nSPS) is 13.6. The minimum absolute atomic E-state index is 0.00686. The summed E-state index contributed by atoms with van der Waals surface area (Å²) in [5.74, 6) is 0.266. The number of hydrogen-bond acceptors (Lipinski definition) is 5. The van der Waals surface area contributed by atoms with Crippen molar-refractivity contribution in [2.45, 2.75) is 38.6 Å². The molecule has 6 nitrogen and oxygen atoms in total. The van der Waals surface area contributed by atoms with Gasteiger partial charge in [0.25, 0.3) is 0 Å². The summed E-state index contributed by atoms with van der Waals surface area (Å²) in [7, 11) is 0. The molecule has 0 fully saturated rings. The summed E-state index contributed by atoms with van der Waals surface area (Å²) in [5.41, 5.74) is 1.06. The third-order valence-electron chi connectivity index (χ3n) is 3.60. The first-order chi connectivity index (χ1) is 11.0. The van der Waals surface area contributed by atoms with Gasteiger partial charge in [0.05, 0.1) is 12.6 Å². The number of aliphatic hydroxyl groups excluding tert-OH is 1. The number of hydrogen-bond donors (Lipinski definition) is 3. The molecule has 7 heteroatoms. The highest BCUT2D eigenvalue weighted by molar-refractivity contribution is 7.15. The number of urea groups is 1. The van der Waals surface area contributed by atoms with Crippen LogP contribution in [0.3, 0.4) is 0 Å². The molecule has 2 rings (SSSR count). The van der Waals surface area contributed by atoms with E-state index in [4.69, 9.17) is 0 Å². The zero-order chi connectivity index (χ0) is 16.8. The summed E-state index contributed by atoms with van der Waals surface area (Å²) in [5, 5.41) is 24.3. The van der Waals surface area contributed by atoms with Crippen molar-refractivity contribution < 1.29 is 9.90 Å². The molecule has 0 unspecified atom stereocenters. The highest BCUT2D eigenvalue weighted by Crippen LogP contribution is 2.22. The molecular formula is C16H22N4O2S. The molecule has 0 saturated heterocycles. The average Bonchev–Trinajstić information content (AvgIpc) is 3.01. The summed E-state index contributed by atoms with van der Waals surface area (Å²) in [6, 6.07) is 9.00. The van der Waals surface area contributed by atoms with Crippen LogP contribution in [-0.4, -0.2) is 34.0 Å². The standard InChI is InChI=1S/C16H22N4O2S/c1-10(2)14-19-20-16(23-14)18-15(22)17-13(9-21)11(3)12-7-5-4-6-8-12/h4-8,10-11,13,21H,9H2,1-3H3,(H2,17,18,20,22)/t11-,13-/m1/s1. The molecule has 1 heterocycles. The summed E-state index contributed by atoms with van der Waals surface area (Å²) < 4.78 is 0. The predicted octanol–water partition coefficient (Wildman–Crippen LogP) is 2.95. The number of nitrogens with zero attached hydrogens (tertiary/aromatic N) is 2. The van der Waals surface area contributed by atoms with Gasteiger partial charge in [-0.3, -0.25) is 5.32 Å². The fourth-order valence-electron chi connectivity index (χ4n) is 2.14. The van der Waals surface area contributed by atoms with Crippen LogP contribution in [0.4, 0.5) is 9.93 Å². The van der Waals surface area contributed by atoms with Crippen LogP contribution in [0.25, 0.3) is 0 Å². The van der Waals surface area contributed by atoms with E-state index in [1.54, 1.807) is 0 Å². The van der Waals surface area contributed by atoms with E-state index in [2.05, 4.69) is 20.8 Å². The molecule has 23 heavy (non-hydrogen) atoms. The van der Waals surface area contributed by atoms with E-state index in [9.17, 15) is 9.90 Å². The van der Waals surface area contributed by atoms with Gasteiger partial charge in [0.1, 0.15) is 5.01 Å². The maximum atomic E-state index is 12.1. The molecule has 0 aliphatic carbocycles. The van der Waals surface area contributed by atoms with E-state index >= 15 is 0 Å². The molecule has 124 valence electrons. The molecule has 0 spiro atoms. The average molecular weight is 334 g/mol. The van der Waals surface area contributed by atoms with E-state index < -0.39 is 6.03 Å². The van der Waals surface area contributed by atoms with Crippen molar-refractivity contribution in [3.63, 3.8) is 0 Å². The van der Waals surface area contributed by atoms with Crippen molar-refractivity contribution in [3.05, 3.63) is 40.9 Å². The molecule has 2 atom stereocenters. The Morgan fingerprint density at radius 2 is 1.91 bits per heavy atom. The Hall–Kier alpha value is -1.99. The van der Waals surface area contributed by atoms with Gasteiger partial charge in [0, 0.05) is 11.8 Å². The minimum Gasteiger partial charge on any atom is -0.394 e. The van der Waals surface area contributed by atoms with Gasteiger partial charge in [-0.1, -0.05) is 62.4 Å². The van der Waals surface area contributed by atoms with Crippen LogP contribution in [0.2, 0.25) is 0 Å². The number of amides is 2. The van der Waals surface area contributed by atoms with Crippen LogP contribution in [0, 0.1) is 0 Å². The van der Waals surface area contributed by atoms with Crippen molar-refractivity contribution in [2.24, 2.45) is 0 Å². The SMILES string of the molecule is CC(C)c1nnc(NC(=O)N[C@H](CO)[C@H](C)c2ccccc2)s1. The maximum absolute atomic E-state index is 12.1.